The number of hydrogen-bond acceptors (Lipinski definition) is 3. The summed E-state index contributed by atoms with van der Waals surface area (Å²) in [6, 6.07) is 5.52. The standard InChI is InChI=1S/C15H12Cl2F2N2O3S/c1-8(15(22)20-14-11(18)3-2-4-12(14)19)21-25(23,24)13-7-9(16)5-6-10(13)17/h2-8,21H,1H3,(H,20,22)/t8-/m0/s1. The van der Waals surface area contributed by atoms with Crippen LogP contribution < -0.4 is 10.0 Å². The normalized spacial score (nSPS) is 12.7. The molecule has 1 atom stereocenters. The van der Waals surface area contributed by atoms with Crippen molar-refractivity contribution in [2.24, 2.45) is 0 Å². The molecule has 2 aromatic rings. The summed E-state index contributed by atoms with van der Waals surface area (Å²) < 4.78 is 53.8. The molecule has 1 amide bonds. The molecule has 5 nitrogen and oxygen atoms in total. The average molecular weight is 409 g/mol. The van der Waals surface area contributed by atoms with E-state index in [-0.39, 0.29) is 14.9 Å². The number of sulfonamides is 1. The predicted molar refractivity (Wildman–Crippen MR) is 91.2 cm³/mol. The zero-order valence-corrected chi connectivity index (χ0v) is 15.0. The summed E-state index contributed by atoms with van der Waals surface area (Å²) in [6.45, 7) is 1.21. The Hall–Kier alpha value is -1.74. The van der Waals surface area contributed by atoms with Crippen molar-refractivity contribution in [2.75, 3.05) is 5.32 Å². The monoisotopic (exact) mass is 408 g/mol. The van der Waals surface area contributed by atoms with Gasteiger partial charge in [0.1, 0.15) is 22.2 Å². The van der Waals surface area contributed by atoms with Crippen LogP contribution in [-0.2, 0) is 14.8 Å². The van der Waals surface area contributed by atoms with E-state index in [1.807, 2.05) is 5.32 Å². The molecule has 2 rings (SSSR count). The highest BCUT2D eigenvalue weighted by atomic mass is 35.5. The molecule has 0 spiro atoms. The topological polar surface area (TPSA) is 75.3 Å². The molecule has 2 N–H and O–H groups in total. The van der Waals surface area contributed by atoms with Gasteiger partial charge in [-0.3, -0.25) is 4.79 Å². The summed E-state index contributed by atoms with van der Waals surface area (Å²) in [5.41, 5.74) is -0.667. The second-order valence-electron chi connectivity index (χ2n) is 5.00. The van der Waals surface area contributed by atoms with Crippen LogP contribution in [0.4, 0.5) is 14.5 Å². The maximum Gasteiger partial charge on any atom is 0.242 e. The van der Waals surface area contributed by atoms with E-state index in [0.29, 0.717) is 0 Å². The van der Waals surface area contributed by atoms with Crippen LogP contribution in [0.15, 0.2) is 41.3 Å². The number of benzene rings is 2. The van der Waals surface area contributed by atoms with E-state index < -0.39 is 39.3 Å². The molecule has 0 fully saturated rings. The summed E-state index contributed by atoms with van der Waals surface area (Å²) in [4.78, 5) is 11.7. The van der Waals surface area contributed by atoms with E-state index >= 15 is 0 Å². The van der Waals surface area contributed by atoms with Gasteiger partial charge in [0, 0.05) is 5.02 Å². The van der Waals surface area contributed by atoms with E-state index in [1.165, 1.54) is 19.1 Å². The van der Waals surface area contributed by atoms with Crippen LogP contribution in [0.1, 0.15) is 6.92 Å². The van der Waals surface area contributed by atoms with Crippen LogP contribution in [-0.4, -0.2) is 20.4 Å². The Balaban J connectivity index is 2.19. The SMILES string of the molecule is C[C@H](NS(=O)(=O)c1cc(Cl)ccc1Cl)C(=O)Nc1c(F)cccc1F. The Kier molecular flexibility index (Phi) is 5.99. The molecule has 0 saturated carbocycles. The molecule has 10 heteroatoms. The highest BCUT2D eigenvalue weighted by Crippen LogP contribution is 2.25. The highest BCUT2D eigenvalue weighted by Gasteiger charge is 2.25. The van der Waals surface area contributed by atoms with E-state index in [4.69, 9.17) is 23.2 Å². The number of para-hydroxylation sites is 1. The zero-order valence-electron chi connectivity index (χ0n) is 12.7. The summed E-state index contributed by atoms with van der Waals surface area (Å²) in [5, 5.41) is 2.04. The lowest BCUT2D eigenvalue weighted by Gasteiger charge is -2.16. The second kappa shape index (κ2) is 7.65. The van der Waals surface area contributed by atoms with E-state index in [1.54, 1.807) is 0 Å². The van der Waals surface area contributed by atoms with Crippen LogP contribution in [0.5, 0.6) is 0 Å². The van der Waals surface area contributed by atoms with E-state index in [9.17, 15) is 22.0 Å². The largest absolute Gasteiger partial charge is 0.320 e. The van der Waals surface area contributed by atoms with Gasteiger partial charge in [-0.05, 0) is 37.3 Å². The van der Waals surface area contributed by atoms with Crippen molar-refractivity contribution in [1.29, 1.82) is 0 Å². The fourth-order valence-electron chi connectivity index (χ4n) is 1.88. The van der Waals surface area contributed by atoms with Crippen molar-refractivity contribution in [3.8, 4) is 0 Å². The van der Waals surface area contributed by atoms with Gasteiger partial charge in [0.15, 0.2) is 0 Å². The maximum atomic E-state index is 13.5. The van der Waals surface area contributed by atoms with Crippen molar-refractivity contribution in [3.05, 3.63) is 58.1 Å². The minimum Gasteiger partial charge on any atom is -0.320 e. The van der Waals surface area contributed by atoms with Gasteiger partial charge < -0.3 is 5.32 Å². The zero-order chi connectivity index (χ0) is 18.8. The molecule has 0 heterocycles. The fraction of sp³-hybridized carbons (Fsp3) is 0.133. The number of hydrogen-bond donors (Lipinski definition) is 2. The first-order chi connectivity index (χ1) is 11.6. The smallest absolute Gasteiger partial charge is 0.242 e. The Morgan fingerprint density at radius 1 is 1.12 bits per heavy atom. The lowest BCUT2D eigenvalue weighted by atomic mass is 10.2. The van der Waals surface area contributed by atoms with Crippen LogP contribution in [0, 0.1) is 11.6 Å². The molecular formula is C15H12Cl2F2N2O3S. The predicted octanol–water partition coefficient (Wildman–Crippen LogP) is 3.58. The minimum atomic E-state index is -4.18. The van der Waals surface area contributed by atoms with Gasteiger partial charge in [0.25, 0.3) is 0 Å². The lowest BCUT2D eigenvalue weighted by Crippen LogP contribution is -2.41. The third-order valence-electron chi connectivity index (χ3n) is 3.12. The number of carbonyl (C=O) groups excluding carboxylic acids is 1. The second-order valence-corrected chi connectivity index (χ2v) is 7.53. The van der Waals surface area contributed by atoms with Crippen molar-refractivity contribution >= 4 is 44.8 Å². The van der Waals surface area contributed by atoms with Crippen molar-refractivity contribution in [1.82, 2.24) is 4.72 Å². The first kappa shape index (κ1) is 19.6. The van der Waals surface area contributed by atoms with Gasteiger partial charge in [-0.15, -0.1) is 0 Å². The number of anilines is 1. The maximum absolute atomic E-state index is 13.5. The molecular weight excluding hydrogens is 397 g/mol. The van der Waals surface area contributed by atoms with E-state index in [0.717, 1.165) is 24.3 Å². The van der Waals surface area contributed by atoms with Crippen LogP contribution in [0.25, 0.3) is 0 Å². The minimum absolute atomic E-state index is 0.0929. The molecule has 0 aliphatic rings. The summed E-state index contributed by atoms with van der Waals surface area (Å²) in [7, 11) is -4.18. The molecule has 0 unspecified atom stereocenters. The van der Waals surface area contributed by atoms with Gasteiger partial charge in [0.05, 0.1) is 11.1 Å². The van der Waals surface area contributed by atoms with Crippen molar-refractivity contribution < 1.29 is 22.0 Å². The number of amides is 1. The fourth-order valence-corrected chi connectivity index (χ4v) is 3.85. The average Bonchev–Trinajstić information content (AvgIpc) is 2.52. The Morgan fingerprint density at radius 2 is 1.72 bits per heavy atom. The number of carbonyl (C=O) groups is 1. The van der Waals surface area contributed by atoms with Crippen LogP contribution in [0.3, 0.4) is 0 Å². The quantitative estimate of drug-likeness (QED) is 0.793. The first-order valence-corrected chi connectivity index (χ1v) is 9.08. The molecule has 0 saturated heterocycles. The third-order valence-corrected chi connectivity index (χ3v) is 5.38. The Labute approximate surface area is 153 Å². The molecule has 0 radical (unpaired) electrons. The summed E-state index contributed by atoms with van der Waals surface area (Å²) in [5.74, 6) is -2.92. The Morgan fingerprint density at radius 3 is 2.32 bits per heavy atom. The molecule has 2 aromatic carbocycles. The number of halogens is 4. The van der Waals surface area contributed by atoms with Gasteiger partial charge >= 0.3 is 0 Å². The molecule has 0 bridgehead atoms. The molecule has 0 aliphatic carbocycles. The van der Waals surface area contributed by atoms with Gasteiger partial charge in [-0.1, -0.05) is 29.3 Å². The first-order valence-electron chi connectivity index (χ1n) is 6.84. The molecule has 25 heavy (non-hydrogen) atoms. The van der Waals surface area contributed by atoms with Crippen molar-refractivity contribution in [2.45, 2.75) is 17.9 Å². The highest BCUT2D eigenvalue weighted by molar-refractivity contribution is 7.89. The summed E-state index contributed by atoms with van der Waals surface area (Å²) >= 11 is 11.6. The van der Waals surface area contributed by atoms with Gasteiger partial charge in [-0.25, -0.2) is 17.2 Å². The number of rotatable bonds is 5. The van der Waals surface area contributed by atoms with Crippen LogP contribution in [0.2, 0.25) is 10.0 Å². The molecule has 0 aliphatic heterocycles. The number of nitrogens with one attached hydrogen (secondary N) is 2. The van der Waals surface area contributed by atoms with Gasteiger partial charge in [0.2, 0.25) is 15.9 Å². The molecule has 134 valence electrons. The third kappa shape index (κ3) is 4.66. The van der Waals surface area contributed by atoms with Crippen molar-refractivity contribution in [3.63, 3.8) is 0 Å². The van der Waals surface area contributed by atoms with Gasteiger partial charge in [-0.2, -0.15) is 4.72 Å². The lowest BCUT2D eigenvalue weighted by molar-refractivity contribution is -0.117. The summed E-state index contributed by atoms with van der Waals surface area (Å²) in [6.07, 6.45) is 0. The molecule has 0 aromatic heterocycles. The Bertz CT molecular complexity index is 903. The van der Waals surface area contributed by atoms with Crippen LogP contribution >= 0.6 is 23.2 Å². The van der Waals surface area contributed by atoms with E-state index in [2.05, 4.69) is 4.72 Å².